The molecule has 6 nitrogen and oxygen atoms in total. The summed E-state index contributed by atoms with van der Waals surface area (Å²) >= 11 is 0. The average Bonchev–Trinajstić information content (AvgIpc) is 2.75. The summed E-state index contributed by atoms with van der Waals surface area (Å²) in [7, 11) is 0. The van der Waals surface area contributed by atoms with E-state index >= 15 is 0 Å². The molecule has 1 aromatic rings. The van der Waals surface area contributed by atoms with E-state index in [9.17, 15) is 9.59 Å². The Kier molecular flexibility index (Phi) is 4.98. The van der Waals surface area contributed by atoms with Crippen molar-refractivity contribution in [1.29, 1.82) is 0 Å². The van der Waals surface area contributed by atoms with Crippen molar-refractivity contribution >= 4 is 17.5 Å². The highest BCUT2D eigenvalue weighted by molar-refractivity contribution is 6.02. The third-order valence-electron chi connectivity index (χ3n) is 7.53. The van der Waals surface area contributed by atoms with Crippen molar-refractivity contribution in [2.24, 2.45) is 5.92 Å². The van der Waals surface area contributed by atoms with Crippen LogP contribution in [0.5, 0.6) is 0 Å². The van der Waals surface area contributed by atoms with Gasteiger partial charge in [-0.15, -0.1) is 0 Å². The molecular formula is C23H32N4O2. The molecule has 3 heterocycles. The minimum absolute atomic E-state index is 0.000494. The summed E-state index contributed by atoms with van der Waals surface area (Å²) in [5.74, 6) is 1.04. The van der Waals surface area contributed by atoms with E-state index < -0.39 is 0 Å². The molecule has 156 valence electrons. The summed E-state index contributed by atoms with van der Waals surface area (Å²) in [6.07, 6.45) is 9.17. The van der Waals surface area contributed by atoms with Crippen LogP contribution in [0.15, 0.2) is 24.3 Å². The second kappa shape index (κ2) is 7.63. The molecule has 0 radical (unpaired) electrons. The van der Waals surface area contributed by atoms with Crippen molar-refractivity contribution in [2.75, 3.05) is 31.5 Å². The predicted molar refractivity (Wildman–Crippen MR) is 113 cm³/mol. The van der Waals surface area contributed by atoms with Crippen molar-refractivity contribution in [1.82, 2.24) is 15.1 Å². The molecule has 4 aliphatic rings. The lowest BCUT2D eigenvalue weighted by Gasteiger charge is -2.47. The largest absolute Gasteiger partial charge is 0.362 e. The zero-order chi connectivity index (χ0) is 19.8. The maximum absolute atomic E-state index is 13.1. The molecule has 0 bridgehead atoms. The number of benzene rings is 1. The molecule has 1 aromatic carbocycles. The fourth-order valence-electron chi connectivity index (χ4n) is 5.92. The molecule has 0 aromatic heterocycles. The highest BCUT2D eigenvalue weighted by Gasteiger charge is 2.41. The van der Waals surface area contributed by atoms with Crippen molar-refractivity contribution < 1.29 is 9.59 Å². The van der Waals surface area contributed by atoms with E-state index in [0.717, 1.165) is 50.5 Å². The molecule has 2 N–H and O–H groups in total. The van der Waals surface area contributed by atoms with Crippen LogP contribution in [0.4, 0.5) is 5.69 Å². The summed E-state index contributed by atoms with van der Waals surface area (Å²) in [5, 5.41) is 6.75. The molecule has 3 fully saturated rings. The highest BCUT2D eigenvalue weighted by Crippen LogP contribution is 2.36. The lowest BCUT2D eigenvalue weighted by molar-refractivity contribution is -0.139. The molecular weight excluding hydrogens is 364 g/mol. The maximum atomic E-state index is 13.1. The molecule has 6 heteroatoms. The molecule has 2 amide bonds. The first-order chi connectivity index (χ1) is 14.1. The van der Waals surface area contributed by atoms with Crippen molar-refractivity contribution in [2.45, 2.75) is 63.1 Å². The van der Waals surface area contributed by atoms with Gasteiger partial charge in [-0.25, -0.2) is 0 Å². The van der Waals surface area contributed by atoms with E-state index in [-0.39, 0.29) is 11.6 Å². The van der Waals surface area contributed by atoms with Gasteiger partial charge in [0.15, 0.2) is 0 Å². The number of nitrogens with one attached hydrogen (secondary N) is 2. The Hall–Kier alpha value is -2.08. The minimum atomic E-state index is -0.384. The van der Waals surface area contributed by atoms with Gasteiger partial charge in [0.1, 0.15) is 5.66 Å². The number of carbonyl (C=O) groups is 2. The number of likely N-dealkylation sites (tertiary alicyclic amines) is 2. The summed E-state index contributed by atoms with van der Waals surface area (Å²) in [6, 6.07) is 8.17. The number of rotatable bonds is 2. The number of hydrogen-bond donors (Lipinski definition) is 2. The SMILES string of the molecule is O=C1NC2(CCN(CC(=O)N3CCCC4CCCCC43)CC2)Nc2ccccc21. The number of para-hydroxylation sites is 1. The van der Waals surface area contributed by atoms with E-state index in [4.69, 9.17) is 0 Å². The minimum Gasteiger partial charge on any atom is -0.362 e. The molecule has 2 unspecified atom stereocenters. The lowest BCUT2D eigenvalue weighted by atomic mass is 9.78. The maximum Gasteiger partial charge on any atom is 0.255 e. The topological polar surface area (TPSA) is 64.7 Å². The van der Waals surface area contributed by atoms with E-state index in [2.05, 4.69) is 20.4 Å². The Balaban J connectivity index is 1.19. The molecule has 1 saturated carbocycles. The fourth-order valence-corrected chi connectivity index (χ4v) is 5.92. The molecule has 2 saturated heterocycles. The number of hydrogen-bond acceptors (Lipinski definition) is 4. The van der Waals surface area contributed by atoms with Crippen molar-refractivity contribution in [3.63, 3.8) is 0 Å². The number of fused-ring (bicyclic) bond motifs is 2. The normalized spacial score (nSPS) is 28.8. The van der Waals surface area contributed by atoms with E-state index in [0.29, 0.717) is 24.1 Å². The second-order valence-corrected chi connectivity index (χ2v) is 9.32. The molecule has 29 heavy (non-hydrogen) atoms. The number of anilines is 1. The van der Waals surface area contributed by atoms with Crippen molar-refractivity contribution in [3.8, 4) is 0 Å². The number of nitrogens with zero attached hydrogens (tertiary/aromatic N) is 2. The third kappa shape index (κ3) is 3.63. The monoisotopic (exact) mass is 396 g/mol. The Morgan fingerprint density at radius 2 is 1.76 bits per heavy atom. The number of piperidine rings is 2. The second-order valence-electron chi connectivity index (χ2n) is 9.32. The predicted octanol–water partition coefficient (Wildman–Crippen LogP) is 2.82. The van der Waals surface area contributed by atoms with Crippen LogP contribution in [0.3, 0.4) is 0 Å². The summed E-state index contributed by atoms with van der Waals surface area (Å²) in [5.41, 5.74) is 1.24. The number of amides is 2. The molecule has 3 aliphatic heterocycles. The third-order valence-corrected chi connectivity index (χ3v) is 7.53. The van der Waals surface area contributed by atoms with Gasteiger partial charge in [0.25, 0.3) is 5.91 Å². The highest BCUT2D eigenvalue weighted by atomic mass is 16.2. The first kappa shape index (κ1) is 18.9. The van der Waals surface area contributed by atoms with Crippen LogP contribution in [0.2, 0.25) is 0 Å². The van der Waals surface area contributed by atoms with E-state index in [1.54, 1.807) is 0 Å². The van der Waals surface area contributed by atoms with Gasteiger partial charge in [-0.1, -0.05) is 25.0 Å². The Bertz CT molecular complexity index is 785. The van der Waals surface area contributed by atoms with E-state index in [1.807, 2.05) is 24.3 Å². The standard InChI is InChI=1S/C23H32N4O2/c28-21(27-13-5-7-17-6-1-4-10-20(17)27)16-26-14-11-23(12-15-26)24-19-9-3-2-8-18(19)22(29)25-23/h2-3,8-9,17,20,24H,1,4-7,10-16H2,(H,25,29). The van der Waals surface area contributed by atoms with E-state index in [1.165, 1.54) is 32.1 Å². The first-order valence-corrected chi connectivity index (χ1v) is 11.4. The van der Waals surface area contributed by atoms with Crippen LogP contribution in [0.25, 0.3) is 0 Å². The van der Waals surface area contributed by atoms with Crippen molar-refractivity contribution in [3.05, 3.63) is 29.8 Å². The summed E-state index contributed by atoms with van der Waals surface area (Å²) in [4.78, 5) is 30.1. The Morgan fingerprint density at radius 1 is 1.00 bits per heavy atom. The molecule has 1 aliphatic carbocycles. The Morgan fingerprint density at radius 3 is 2.62 bits per heavy atom. The summed E-state index contributed by atoms with van der Waals surface area (Å²) in [6.45, 7) is 3.10. The number of carbonyl (C=O) groups excluding carboxylic acids is 2. The molecule has 2 atom stereocenters. The molecule has 5 rings (SSSR count). The summed E-state index contributed by atoms with van der Waals surface area (Å²) < 4.78 is 0. The molecule has 1 spiro atoms. The first-order valence-electron chi connectivity index (χ1n) is 11.4. The van der Waals surface area contributed by atoms with Crippen LogP contribution in [-0.4, -0.2) is 59.5 Å². The Labute approximate surface area is 173 Å². The smallest absolute Gasteiger partial charge is 0.255 e. The van der Waals surface area contributed by atoms with Gasteiger partial charge in [0.2, 0.25) is 5.91 Å². The van der Waals surface area contributed by atoms with Gasteiger partial charge >= 0.3 is 0 Å². The average molecular weight is 397 g/mol. The van der Waals surface area contributed by atoms with Gasteiger partial charge in [-0.2, -0.15) is 0 Å². The zero-order valence-electron chi connectivity index (χ0n) is 17.2. The van der Waals surface area contributed by atoms with Gasteiger partial charge in [-0.3, -0.25) is 14.5 Å². The van der Waals surface area contributed by atoms with Gasteiger partial charge < -0.3 is 15.5 Å². The van der Waals surface area contributed by atoms with Gasteiger partial charge in [0.05, 0.1) is 12.1 Å². The quantitative estimate of drug-likeness (QED) is 0.807. The van der Waals surface area contributed by atoms with Crippen LogP contribution in [0.1, 0.15) is 61.7 Å². The fraction of sp³-hybridized carbons (Fsp3) is 0.652. The van der Waals surface area contributed by atoms with Gasteiger partial charge in [-0.05, 0) is 43.7 Å². The van der Waals surface area contributed by atoms with Crippen LogP contribution in [0, 0.1) is 5.92 Å². The zero-order valence-corrected chi connectivity index (χ0v) is 17.2. The van der Waals surface area contributed by atoms with Gasteiger partial charge in [0, 0.05) is 44.2 Å². The lowest BCUT2D eigenvalue weighted by Crippen LogP contribution is -2.63. The van der Waals surface area contributed by atoms with Crippen LogP contribution >= 0.6 is 0 Å². The van der Waals surface area contributed by atoms with Crippen LogP contribution in [-0.2, 0) is 4.79 Å². The van der Waals surface area contributed by atoms with Crippen LogP contribution < -0.4 is 10.6 Å².